The summed E-state index contributed by atoms with van der Waals surface area (Å²) in [5.74, 6) is 2.14. The summed E-state index contributed by atoms with van der Waals surface area (Å²) >= 11 is 0. The first kappa shape index (κ1) is 30.4. The third kappa shape index (κ3) is 5.76. The summed E-state index contributed by atoms with van der Waals surface area (Å²) in [5.41, 5.74) is 3.67. The molecule has 1 atom stereocenters. The lowest BCUT2D eigenvalue weighted by molar-refractivity contribution is -0.140. The molecule has 5 fully saturated rings. The molecule has 10 bridgehead atoms. The molecule has 1 N–H and O–H groups in total. The number of ether oxygens (including phenoxy) is 1. The van der Waals surface area contributed by atoms with Crippen molar-refractivity contribution in [2.45, 2.75) is 69.8 Å². The second-order valence-electron chi connectivity index (χ2n) is 14.7. The summed E-state index contributed by atoms with van der Waals surface area (Å²) in [4.78, 5) is 40.6. The van der Waals surface area contributed by atoms with E-state index in [4.69, 9.17) is 4.74 Å². The van der Waals surface area contributed by atoms with E-state index in [-0.39, 0.29) is 46.1 Å². The summed E-state index contributed by atoms with van der Waals surface area (Å²) in [6.07, 6.45) is 7.40. The predicted molar refractivity (Wildman–Crippen MR) is 176 cm³/mol. The molecule has 2 aromatic carbocycles. The number of rotatable bonds is 3. The zero-order valence-corrected chi connectivity index (χ0v) is 27.8. The smallest absolute Gasteiger partial charge is 0.264 e. The fourth-order valence-corrected chi connectivity index (χ4v) is 10.6. The third-order valence-electron chi connectivity index (χ3n) is 11.2. The largest absolute Gasteiger partial charge is 0.470 e. The lowest BCUT2D eigenvalue weighted by Gasteiger charge is -2.57. The van der Waals surface area contributed by atoms with Crippen LogP contribution in [0.5, 0.6) is 5.88 Å². The minimum atomic E-state index is -4.13. The monoisotopic (exact) mass is 655 g/mol. The number of nitrogens with zero attached hydrogens (tertiary/aromatic N) is 4. The maximum atomic E-state index is 14.1. The number of carbonyl (C=O) groups is 2. The SMILES string of the molecule is Cc1cccc(C)c1-c1cc2nc(n1)NS(=O)(=O)c1cccc(c1)C(=O)N1CCN(C(=O)CC34CC5CC(CC(C5)C3)C4)C[C@H](C1)O2. The van der Waals surface area contributed by atoms with E-state index in [1.165, 1.54) is 31.4 Å². The van der Waals surface area contributed by atoms with Crippen LogP contribution >= 0.6 is 0 Å². The average Bonchev–Trinajstić information content (AvgIpc) is 3.22. The molecule has 11 heteroatoms. The first-order valence-corrected chi connectivity index (χ1v) is 18.3. The van der Waals surface area contributed by atoms with Gasteiger partial charge in [0.2, 0.25) is 17.7 Å². The molecule has 1 aromatic heterocycles. The van der Waals surface area contributed by atoms with Crippen LogP contribution in [0.1, 0.15) is 66.4 Å². The Bertz CT molecular complexity index is 1820. The molecule has 3 heterocycles. The van der Waals surface area contributed by atoms with Crippen LogP contribution in [0.2, 0.25) is 0 Å². The maximum absolute atomic E-state index is 14.1. The molecule has 9 rings (SSSR count). The first-order chi connectivity index (χ1) is 22.5. The van der Waals surface area contributed by atoms with E-state index in [1.807, 2.05) is 36.9 Å². The van der Waals surface area contributed by atoms with E-state index < -0.39 is 16.1 Å². The molecular formula is C36H41N5O5S. The second-order valence-corrected chi connectivity index (χ2v) is 16.4. The van der Waals surface area contributed by atoms with E-state index in [9.17, 15) is 18.0 Å². The van der Waals surface area contributed by atoms with Gasteiger partial charge in [-0.05, 0) is 105 Å². The number of fused-ring (bicyclic) bond motifs is 6. The van der Waals surface area contributed by atoms with Crippen molar-refractivity contribution < 1.29 is 22.7 Å². The molecule has 4 aliphatic carbocycles. The summed E-state index contributed by atoms with van der Waals surface area (Å²) in [6, 6.07) is 13.6. The number of aromatic nitrogens is 2. The zero-order valence-electron chi connectivity index (χ0n) is 26.9. The van der Waals surface area contributed by atoms with Crippen molar-refractivity contribution in [3.63, 3.8) is 0 Å². The molecule has 4 saturated carbocycles. The topological polar surface area (TPSA) is 122 Å². The van der Waals surface area contributed by atoms with Gasteiger partial charge in [0.15, 0.2) is 0 Å². The highest BCUT2D eigenvalue weighted by molar-refractivity contribution is 7.92. The number of hydrogen-bond donors (Lipinski definition) is 1. The molecule has 246 valence electrons. The van der Waals surface area contributed by atoms with Gasteiger partial charge in [-0.2, -0.15) is 4.98 Å². The maximum Gasteiger partial charge on any atom is 0.264 e. The zero-order chi connectivity index (χ0) is 32.5. The Balaban J connectivity index is 1.16. The molecule has 47 heavy (non-hydrogen) atoms. The van der Waals surface area contributed by atoms with Gasteiger partial charge in [0, 0.05) is 36.7 Å². The fourth-order valence-electron chi connectivity index (χ4n) is 9.60. The number of aryl methyl sites for hydroxylation is 2. The highest BCUT2D eigenvalue weighted by atomic mass is 32.2. The Morgan fingerprint density at radius 3 is 2.32 bits per heavy atom. The number of sulfonamides is 1. The van der Waals surface area contributed by atoms with Gasteiger partial charge in [-0.25, -0.2) is 18.1 Å². The normalized spacial score (nSPS) is 29.1. The van der Waals surface area contributed by atoms with Crippen molar-refractivity contribution in [1.82, 2.24) is 19.8 Å². The number of benzene rings is 2. The first-order valence-electron chi connectivity index (χ1n) is 16.8. The number of amides is 2. The van der Waals surface area contributed by atoms with Crippen LogP contribution in [0.3, 0.4) is 0 Å². The van der Waals surface area contributed by atoms with E-state index in [0.717, 1.165) is 53.7 Å². The van der Waals surface area contributed by atoms with Gasteiger partial charge in [-0.1, -0.05) is 24.3 Å². The minimum absolute atomic E-state index is 0.0649. The van der Waals surface area contributed by atoms with E-state index in [0.29, 0.717) is 31.7 Å². The van der Waals surface area contributed by atoms with Crippen LogP contribution in [0, 0.1) is 37.0 Å². The highest BCUT2D eigenvalue weighted by Crippen LogP contribution is 2.61. The lowest BCUT2D eigenvalue weighted by Crippen LogP contribution is -2.49. The number of hydrogen-bond acceptors (Lipinski definition) is 7. The van der Waals surface area contributed by atoms with Crippen LogP contribution in [0.15, 0.2) is 53.4 Å². The van der Waals surface area contributed by atoms with Crippen LogP contribution in [0.4, 0.5) is 5.95 Å². The van der Waals surface area contributed by atoms with Crippen LogP contribution in [0.25, 0.3) is 11.3 Å². The number of anilines is 1. The Morgan fingerprint density at radius 1 is 0.936 bits per heavy atom. The molecule has 2 amide bonds. The van der Waals surface area contributed by atoms with E-state index in [1.54, 1.807) is 23.1 Å². The standard InChI is InChI=1S/C36H41N5O5S/c1-22-5-3-6-23(2)33(22)30-15-31-38-35(37-30)39-47(44,45)29-8-4-7-27(14-29)34(43)41-10-9-40(20-28(21-41)46-31)32(42)19-36-16-24-11-25(17-36)13-26(12-24)18-36/h3-8,14-15,24-26,28H,9-13,16-21H2,1-2H3,(H,37,38,39)/t24?,25?,26?,28-,36?/m1/s1. The molecule has 0 spiro atoms. The molecule has 0 radical (unpaired) electrons. The average molecular weight is 656 g/mol. The van der Waals surface area contributed by atoms with Crippen molar-refractivity contribution in [2.75, 3.05) is 30.9 Å². The summed E-state index contributed by atoms with van der Waals surface area (Å²) in [7, 11) is -4.13. The molecule has 6 aliphatic rings. The molecule has 10 nitrogen and oxygen atoms in total. The molecular weight excluding hydrogens is 614 g/mol. The van der Waals surface area contributed by atoms with Gasteiger partial charge in [0.25, 0.3) is 15.9 Å². The summed E-state index contributed by atoms with van der Waals surface area (Å²) in [6.45, 7) is 5.19. The third-order valence-corrected chi connectivity index (χ3v) is 12.5. The lowest BCUT2D eigenvalue weighted by atomic mass is 9.49. The van der Waals surface area contributed by atoms with Crippen molar-refractivity contribution in [3.05, 3.63) is 65.2 Å². The fraction of sp³-hybridized carbons (Fsp3) is 0.500. The van der Waals surface area contributed by atoms with Crippen molar-refractivity contribution in [3.8, 4) is 17.1 Å². The summed E-state index contributed by atoms with van der Waals surface area (Å²) in [5, 5.41) is 0. The van der Waals surface area contributed by atoms with Gasteiger partial charge in [0.1, 0.15) is 6.10 Å². The van der Waals surface area contributed by atoms with Gasteiger partial charge in [-0.3, -0.25) is 9.59 Å². The molecule has 1 saturated heterocycles. The number of nitrogens with one attached hydrogen (secondary N) is 1. The summed E-state index contributed by atoms with van der Waals surface area (Å²) < 4.78 is 36.1. The van der Waals surface area contributed by atoms with Crippen molar-refractivity contribution in [1.29, 1.82) is 0 Å². The van der Waals surface area contributed by atoms with Crippen molar-refractivity contribution >= 4 is 27.8 Å². The van der Waals surface area contributed by atoms with E-state index in [2.05, 4.69) is 14.7 Å². The Labute approximate surface area is 276 Å². The highest BCUT2D eigenvalue weighted by Gasteiger charge is 2.52. The van der Waals surface area contributed by atoms with Gasteiger partial charge >= 0.3 is 0 Å². The minimum Gasteiger partial charge on any atom is -0.470 e. The van der Waals surface area contributed by atoms with Gasteiger partial charge in [0.05, 0.1) is 23.7 Å². The molecule has 0 unspecified atom stereocenters. The van der Waals surface area contributed by atoms with Crippen LogP contribution < -0.4 is 9.46 Å². The Kier molecular flexibility index (Phi) is 7.31. The van der Waals surface area contributed by atoms with Crippen LogP contribution in [-0.2, 0) is 14.8 Å². The number of carbonyl (C=O) groups excluding carboxylic acids is 2. The van der Waals surface area contributed by atoms with Gasteiger partial charge < -0.3 is 14.5 Å². The van der Waals surface area contributed by atoms with Crippen LogP contribution in [-0.4, -0.2) is 72.3 Å². The molecule has 2 aliphatic heterocycles. The Hall–Kier alpha value is -3.99. The predicted octanol–water partition coefficient (Wildman–Crippen LogP) is 5.21. The van der Waals surface area contributed by atoms with Gasteiger partial charge in [-0.15, -0.1) is 0 Å². The van der Waals surface area contributed by atoms with Crippen molar-refractivity contribution in [2.24, 2.45) is 23.2 Å². The van der Waals surface area contributed by atoms with E-state index >= 15 is 0 Å². The molecule has 3 aromatic rings. The quantitative estimate of drug-likeness (QED) is 0.411. The Morgan fingerprint density at radius 2 is 1.62 bits per heavy atom. The second kappa shape index (κ2) is 11.3.